The number of carbonyl (C=O) groups is 3. The van der Waals surface area contributed by atoms with Gasteiger partial charge in [-0.05, 0) is 88.8 Å². The first-order valence-corrected chi connectivity index (χ1v) is 20.3. The van der Waals surface area contributed by atoms with Crippen molar-refractivity contribution in [2.24, 2.45) is 39.6 Å². The first kappa shape index (κ1) is 38.3. The molecule has 3 fully saturated rings. The van der Waals surface area contributed by atoms with Crippen molar-refractivity contribution in [2.75, 3.05) is 20.8 Å². The van der Waals surface area contributed by atoms with Crippen molar-refractivity contribution < 1.29 is 23.9 Å². The van der Waals surface area contributed by atoms with Crippen molar-refractivity contribution in [3.05, 3.63) is 96.0 Å². The zero-order valence-corrected chi connectivity index (χ0v) is 33.2. The van der Waals surface area contributed by atoms with Crippen LogP contribution >= 0.6 is 0 Å². The number of carbonyl (C=O) groups excluding carboxylic acids is 3. The molecule has 11 heteroatoms. The molecule has 2 saturated carbocycles. The van der Waals surface area contributed by atoms with Crippen LogP contribution in [0.2, 0.25) is 0 Å². The number of methoxy groups -OCH3 is 2. The highest BCUT2D eigenvalue weighted by atomic mass is 16.5. The molecule has 3 aromatic rings. The number of hydrogen-bond acceptors (Lipinski definition) is 8. The Morgan fingerprint density at radius 2 is 1.44 bits per heavy atom. The van der Waals surface area contributed by atoms with Crippen molar-refractivity contribution in [1.82, 2.24) is 20.5 Å². The molecule has 296 valence electrons. The van der Waals surface area contributed by atoms with Gasteiger partial charge in [-0.3, -0.25) is 19.6 Å². The van der Waals surface area contributed by atoms with Crippen molar-refractivity contribution in [2.45, 2.75) is 77.4 Å². The summed E-state index contributed by atoms with van der Waals surface area (Å²) in [4.78, 5) is 55.1. The van der Waals surface area contributed by atoms with E-state index in [1.807, 2.05) is 43.3 Å². The molecule has 0 radical (unpaired) electrons. The van der Waals surface area contributed by atoms with Crippen molar-refractivity contribution >= 4 is 40.5 Å². The smallest absolute Gasteiger partial charge is 0.407 e. The molecule has 3 aliphatic heterocycles. The molecular weight excluding hydrogens is 717 g/mol. The van der Waals surface area contributed by atoms with E-state index in [-0.39, 0.29) is 35.6 Å². The summed E-state index contributed by atoms with van der Waals surface area (Å²) in [6.07, 6.45) is 11.7. The number of rotatable bonds is 12. The van der Waals surface area contributed by atoms with Gasteiger partial charge in [0, 0.05) is 73.9 Å². The van der Waals surface area contributed by atoms with Crippen LogP contribution in [0.1, 0.15) is 75.5 Å². The lowest BCUT2D eigenvalue weighted by Crippen LogP contribution is -2.53. The van der Waals surface area contributed by atoms with Crippen molar-refractivity contribution in [3.8, 4) is 17.0 Å². The van der Waals surface area contributed by atoms with E-state index < -0.39 is 12.1 Å². The van der Waals surface area contributed by atoms with Crippen molar-refractivity contribution in [3.63, 3.8) is 0 Å². The Hall–Kier alpha value is -5.58. The minimum atomic E-state index is -0.648. The number of aromatic nitrogens is 1. The number of likely N-dealkylation sites (tertiary alicyclic amines) is 1. The third-order valence-electron chi connectivity index (χ3n) is 12.7. The van der Waals surface area contributed by atoms with Crippen LogP contribution in [0.5, 0.6) is 5.88 Å². The Morgan fingerprint density at radius 3 is 2.05 bits per heavy atom. The molecule has 8 rings (SSSR count). The number of fused-ring (bicyclic) bond motifs is 2. The Balaban J connectivity index is 0.857. The van der Waals surface area contributed by atoms with Crippen LogP contribution in [0, 0.1) is 29.6 Å². The van der Waals surface area contributed by atoms with Gasteiger partial charge < -0.3 is 25.0 Å². The minimum Gasteiger partial charge on any atom is -0.481 e. The lowest BCUT2D eigenvalue weighted by Gasteiger charge is -2.31. The van der Waals surface area contributed by atoms with Crippen LogP contribution < -0.4 is 15.4 Å². The highest BCUT2D eigenvalue weighted by Gasteiger charge is 2.52. The molecule has 1 aromatic heterocycles. The van der Waals surface area contributed by atoms with E-state index in [0.29, 0.717) is 37.2 Å². The molecule has 3 unspecified atom stereocenters. The number of pyridine rings is 1. The highest BCUT2D eigenvalue weighted by molar-refractivity contribution is 6.04. The van der Waals surface area contributed by atoms with E-state index >= 15 is 0 Å². The summed E-state index contributed by atoms with van der Waals surface area (Å²) >= 11 is 0. The fraction of sp³-hybridized carbons (Fsp3) is 0.435. The van der Waals surface area contributed by atoms with Gasteiger partial charge in [-0.15, -0.1) is 0 Å². The molecule has 2 aromatic carbocycles. The van der Waals surface area contributed by atoms with Gasteiger partial charge in [0.05, 0.1) is 20.3 Å². The largest absolute Gasteiger partial charge is 0.481 e. The Labute approximate surface area is 334 Å². The first-order chi connectivity index (χ1) is 27.7. The maximum Gasteiger partial charge on any atom is 0.407 e. The van der Waals surface area contributed by atoms with E-state index in [2.05, 4.69) is 64.1 Å². The quantitative estimate of drug-likeness (QED) is 0.196. The molecule has 57 heavy (non-hydrogen) atoms. The normalized spacial score (nSPS) is 24.2. The summed E-state index contributed by atoms with van der Waals surface area (Å²) in [5, 5.41) is 5.93. The van der Waals surface area contributed by atoms with E-state index in [0.717, 1.165) is 76.9 Å². The SMILES string of the molecule is COC(=O)N[C@H](C(=O)N1CCC[C@H]1C1=NC=C(c2ccc(-c3ccc(C4=CN=C(C5C6CCC(C6)[C@@H]5C(=O)NCc5ccc(OC)nc5)C4)cc3)cc2)C1)C(C)C. The van der Waals surface area contributed by atoms with Gasteiger partial charge in [0.2, 0.25) is 17.7 Å². The van der Waals surface area contributed by atoms with Gasteiger partial charge in [0.1, 0.15) is 6.04 Å². The van der Waals surface area contributed by atoms with E-state index in [9.17, 15) is 14.4 Å². The monoisotopic (exact) mass is 768 g/mol. The fourth-order valence-electron chi connectivity index (χ4n) is 9.76. The molecule has 2 bridgehead atoms. The second-order valence-corrected chi connectivity index (χ2v) is 16.4. The molecule has 11 nitrogen and oxygen atoms in total. The average Bonchev–Trinajstić information content (AvgIpc) is 4.10. The summed E-state index contributed by atoms with van der Waals surface area (Å²) in [7, 11) is 2.90. The zero-order chi connectivity index (χ0) is 39.6. The Morgan fingerprint density at radius 1 is 0.807 bits per heavy atom. The average molecular weight is 769 g/mol. The Kier molecular flexibility index (Phi) is 11.1. The van der Waals surface area contributed by atoms with Gasteiger partial charge >= 0.3 is 6.09 Å². The number of benzene rings is 2. The fourth-order valence-corrected chi connectivity index (χ4v) is 9.76. The van der Waals surface area contributed by atoms with E-state index in [1.54, 1.807) is 13.3 Å². The topological polar surface area (TPSA) is 135 Å². The molecule has 4 heterocycles. The predicted octanol–water partition coefficient (Wildman–Crippen LogP) is 7.48. The van der Waals surface area contributed by atoms with Crippen LogP contribution in [0.4, 0.5) is 4.79 Å². The lowest BCUT2D eigenvalue weighted by molar-refractivity contribution is -0.134. The number of allylic oxidation sites excluding steroid dienone is 2. The summed E-state index contributed by atoms with van der Waals surface area (Å²) in [5.74, 6) is 1.62. The molecule has 6 atom stereocenters. The van der Waals surface area contributed by atoms with Crippen LogP contribution in [-0.2, 0) is 20.9 Å². The standard InChI is InChI=1S/C46H52N6O5/c1-27(2)43(51-46(55)57-4)45(54)52-19-5-6-39(52)37-21-35(25-47-37)31-12-8-29(9-13-31)30-10-14-32(15-11-30)36-22-38(48-26-36)41-33-16-17-34(20-33)42(41)44(53)50-24-28-7-18-40(56-3)49-23-28/h7-15,18,23,25-27,33-34,39,41-43H,5-6,16-17,19-22,24H2,1-4H3,(H,50,53)(H,51,55)/t33?,34?,39-,41?,42-,43-/m0/s1. The number of amides is 3. The van der Waals surface area contributed by atoms with Crippen LogP contribution in [-0.4, -0.2) is 72.1 Å². The second kappa shape index (κ2) is 16.5. The maximum absolute atomic E-state index is 13.6. The molecule has 3 amide bonds. The Bertz CT molecular complexity index is 2120. The number of ether oxygens (including phenoxy) is 2. The minimum absolute atomic E-state index is 0.0362. The number of hydrogen-bond donors (Lipinski definition) is 2. The van der Waals surface area contributed by atoms with Gasteiger partial charge in [-0.1, -0.05) is 68.4 Å². The van der Waals surface area contributed by atoms with Gasteiger partial charge in [-0.2, -0.15) is 0 Å². The second-order valence-electron chi connectivity index (χ2n) is 16.4. The van der Waals surface area contributed by atoms with Gasteiger partial charge in [-0.25, -0.2) is 9.78 Å². The summed E-state index contributed by atoms with van der Waals surface area (Å²) in [5.41, 5.74) is 9.97. The summed E-state index contributed by atoms with van der Waals surface area (Å²) in [6.45, 7) is 4.95. The molecule has 1 saturated heterocycles. The molecule has 2 N–H and O–H groups in total. The number of alkyl carbamates (subject to hydrolysis) is 1. The van der Waals surface area contributed by atoms with Crippen LogP contribution in [0.15, 0.2) is 89.2 Å². The first-order valence-electron chi connectivity index (χ1n) is 20.3. The summed E-state index contributed by atoms with van der Waals surface area (Å²) in [6, 6.07) is 20.3. The number of nitrogens with one attached hydrogen (secondary N) is 2. The maximum atomic E-state index is 13.6. The molecule has 0 spiro atoms. The van der Waals surface area contributed by atoms with Crippen LogP contribution in [0.25, 0.3) is 22.3 Å². The third kappa shape index (κ3) is 7.89. The number of nitrogens with zero attached hydrogens (tertiary/aromatic N) is 4. The molecule has 5 aliphatic rings. The zero-order valence-electron chi connectivity index (χ0n) is 33.2. The van der Waals surface area contributed by atoms with E-state index in [1.165, 1.54) is 19.1 Å². The third-order valence-corrected chi connectivity index (χ3v) is 12.7. The summed E-state index contributed by atoms with van der Waals surface area (Å²) < 4.78 is 9.95. The molecule has 2 aliphatic carbocycles. The number of aliphatic imine (C=N–C) groups is 2. The van der Waals surface area contributed by atoms with Crippen LogP contribution in [0.3, 0.4) is 0 Å². The van der Waals surface area contributed by atoms with Gasteiger partial charge in [0.15, 0.2) is 0 Å². The highest BCUT2D eigenvalue weighted by Crippen LogP contribution is 2.54. The molecular formula is C46H52N6O5. The predicted molar refractivity (Wildman–Crippen MR) is 221 cm³/mol. The van der Waals surface area contributed by atoms with Gasteiger partial charge in [0.25, 0.3) is 0 Å². The van der Waals surface area contributed by atoms with E-state index in [4.69, 9.17) is 19.5 Å². The van der Waals surface area contributed by atoms with Crippen molar-refractivity contribution in [1.29, 1.82) is 0 Å². The lowest BCUT2D eigenvalue weighted by atomic mass is 9.75.